The zero-order valence-corrected chi connectivity index (χ0v) is 24.7. The van der Waals surface area contributed by atoms with Crippen molar-refractivity contribution in [2.75, 3.05) is 41.0 Å². The average Bonchev–Trinajstić information content (AvgIpc) is 2.83. The number of likely N-dealkylation sites (N-methyl/N-ethyl adjacent to an activating group) is 1. The summed E-state index contributed by atoms with van der Waals surface area (Å²) in [6.07, 6.45) is 22.0. The third kappa shape index (κ3) is 23.7. The highest BCUT2D eigenvalue weighted by atomic mass is 16.5. The van der Waals surface area contributed by atoms with Crippen molar-refractivity contribution in [3.8, 4) is 0 Å². The van der Waals surface area contributed by atoms with E-state index >= 15 is 0 Å². The number of aliphatic hydroxyl groups is 1. The van der Waals surface area contributed by atoms with Crippen molar-refractivity contribution < 1.29 is 33.8 Å². The number of aliphatic hydroxyl groups excluding tert-OH is 1. The standard InChI is InChI=1S/C30H59NO6/c1-5-6-7-8-9-10-11-12-13-14-15-16-17-18-19-20-21-22-29(33)37-26-27(32)25-36-24-23-28(30(34)35)31(2,3)4/h27-28,32H,5-26H2,1-4H3/p+1/t27-,28?/m0/s1. The maximum absolute atomic E-state index is 11.9. The quantitative estimate of drug-likeness (QED) is 0.0715. The number of carbonyl (C=O) groups excluding carboxylic acids is 1. The molecule has 0 aromatic rings. The molecular formula is C30H60NO6+. The Bertz CT molecular complexity index is 549. The van der Waals surface area contributed by atoms with Gasteiger partial charge in [-0.1, -0.05) is 110 Å². The topological polar surface area (TPSA) is 93.1 Å². The molecule has 0 radical (unpaired) electrons. The summed E-state index contributed by atoms with van der Waals surface area (Å²) in [5, 5.41) is 19.2. The second-order valence-electron chi connectivity index (χ2n) is 11.6. The molecule has 7 heteroatoms. The van der Waals surface area contributed by atoms with Crippen molar-refractivity contribution in [3.05, 3.63) is 0 Å². The minimum absolute atomic E-state index is 0.0237. The third-order valence-electron chi connectivity index (χ3n) is 6.99. The molecule has 0 aliphatic rings. The molecule has 0 rings (SSSR count). The van der Waals surface area contributed by atoms with Crippen LogP contribution in [0.5, 0.6) is 0 Å². The van der Waals surface area contributed by atoms with Crippen molar-refractivity contribution in [2.24, 2.45) is 0 Å². The number of esters is 1. The first-order valence-corrected chi connectivity index (χ1v) is 15.1. The van der Waals surface area contributed by atoms with Gasteiger partial charge in [-0.15, -0.1) is 0 Å². The molecule has 2 atom stereocenters. The summed E-state index contributed by atoms with van der Waals surface area (Å²) in [4.78, 5) is 23.2. The molecule has 37 heavy (non-hydrogen) atoms. The van der Waals surface area contributed by atoms with E-state index in [1.54, 1.807) is 0 Å². The van der Waals surface area contributed by atoms with Gasteiger partial charge >= 0.3 is 11.9 Å². The number of ether oxygens (including phenoxy) is 2. The number of carboxylic acids is 1. The van der Waals surface area contributed by atoms with Crippen molar-refractivity contribution in [1.82, 2.24) is 0 Å². The Hall–Kier alpha value is -1.18. The van der Waals surface area contributed by atoms with Crippen molar-refractivity contribution in [3.63, 3.8) is 0 Å². The van der Waals surface area contributed by atoms with E-state index in [1.165, 1.54) is 89.9 Å². The number of aliphatic carboxylic acids is 1. The summed E-state index contributed by atoms with van der Waals surface area (Å²) in [6, 6.07) is -0.570. The highest BCUT2D eigenvalue weighted by molar-refractivity contribution is 5.72. The van der Waals surface area contributed by atoms with E-state index in [4.69, 9.17) is 9.47 Å². The van der Waals surface area contributed by atoms with Crippen LogP contribution in [0.2, 0.25) is 0 Å². The third-order valence-corrected chi connectivity index (χ3v) is 6.99. The smallest absolute Gasteiger partial charge is 0.362 e. The summed E-state index contributed by atoms with van der Waals surface area (Å²) in [5.74, 6) is -1.15. The molecule has 0 amide bonds. The van der Waals surface area contributed by atoms with Gasteiger partial charge in [0, 0.05) is 12.8 Å². The SMILES string of the molecule is CCCCCCCCCCCCCCCCCCCC(=O)OC[C@@H](O)COCCC(C(=O)O)[N+](C)(C)C. The average molecular weight is 531 g/mol. The maximum atomic E-state index is 11.9. The molecule has 0 spiro atoms. The molecular weight excluding hydrogens is 470 g/mol. The molecule has 0 aromatic carbocycles. The van der Waals surface area contributed by atoms with Crippen LogP contribution in [0.25, 0.3) is 0 Å². The molecule has 0 heterocycles. The van der Waals surface area contributed by atoms with E-state index in [0.717, 1.165) is 19.3 Å². The highest BCUT2D eigenvalue weighted by Crippen LogP contribution is 2.14. The van der Waals surface area contributed by atoms with Crippen LogP contribution in [-0.4, -0.2) is 79.7 Å². The number of hydrogen-bond donors (Lipinski definition) is 2. The van der Waals surface area contributed by atoms with Crippen LogP contribution < -0.4 is 0 Å². The minimum Gasteiger partial charge on any atom is -0.477 e. The van der Waals surface area contributed by atoms with Gasteiger partial charge in [-0.3, -0.25) is 4.79 Å². The molecule has 0 aromatic heterocycles. The predicted molar refractivity (Wildman–Crippen MR) is 151 cm³/mol. The molecule has 0 bridgehead atoms. The second-order valence-corrected chi connectivity index (χ2v) is 11.6. The lowest BCUT2D eigenvalue weighted by Gasteiger charge is -2.31. The van der Waals surface area contributed by atoms with E-state index in [9.17, 15) is 19.8 Å². The van der Waals surface area contributed by atoms with Crippen LogP contribution in [0.1, 0.15) is 129 Å². The Kier molecular flexibility index (Phi) is 23.1. The number of carboxylic acid groups (broad SMARTS) is 1. The van der Waals surface area contributed by atoms with Gasteiger partial charge in [0.15, 0.2) is 6.04 Å². The van der Waals surface area contributed by atoms with E-state index < -0.39 is 18.1 Å². The monoisotopic (exact) mass is 530 g/mol. The fourth-order valence-electron chi connectivity index (χ4n) is 4.56. The van der Waals surface area contributed by atoms with E-state index in [-0.39, 0.29) is 25.8 Å². The molecule has 220 valence electrons. The van der Waals surface area contributed by atoms with Crippen LogP contribution in [-0.2, 0) is 19.1 Å². The van der Waals surface area contributed by atoms with Gasteiger partial charge in [0.2, 0.25) is 0 Å². The van der Waals surface area contributed by atoms with Crippen LogP contribution in [0.3, 0.4) is 0 Å². The molecule has 0 saturated carbocycles. The first-order valence-electron chi connectivity index (χ1n) is 15.1. The Labute approximate surface area is 227 Å². The number of nitrogens with zero attached hydrogens (tertiary/aromatic N) is 1. The zero-order valence-electron chi connectivity index (χ0n) is 24.7. The lowest BCUT2D eigenvalue weighted by Crippen LogP contribution is -2.50. The second kappa shape index (κ2) is 23.9. The van der Waals surface area contributed by atoms with Gasteiger partial charge in [0.05, 0.1) is 34.4 Å². The molecule has 0 aliphatic heterocycles. The fourth-order valence-corrected chi connectivity index (χ4v) is 4.56. The lowest BCUT2D eigenvalue weighted by molar-refractivity contribution is -0.887. The van der Waals surface area contributed by atoms with E-state index in [2.05, 4.69) is 6.92 Å². The van der Waals surface area contributed by atoms with Gasteiger partial charge in [-0.25, -0.2) is 4.79 Å². The van der Waals surface area contributed by atoms with Crippen molar-refractivity contribution in [1.29, 1.82) is 0 Å². The fraction of sp³-hybridized carbons (Fsp3) is 0.933. The van der Waals surface area contributed by atoms with E-state index in [1.807, 2.05) is 21.1 Å². The molecule has 0 aliphatic carbocycles. The summed E-state index contributed by atoms with van der Waals surface area (Å²) < 4.78 is 10.8. The van der Waals surface area contributed by atoms with Gasteiger partial charge in [0.1, 0.15) is 12.7 Å². The zero-order chi connectivity index (χ0) is 27.8. The van der Waals surface area contributed by atoms with Crippen molar-refractivity contribution >= 4 is 11.9 Å². The molecule has 0 fully saturated rings. The van der Waals surface area contributed by atoms with Crippen LogP contribution in [0, 0.1) is 0 Å². The van der Waals surface area contributed by atoms with Gasteiger partial charge in [0.25, 0.3) is 0 Å². The molecule has 2 N–H and O–H groups in total. The maximum Gasteiger partial charge on any atom is 0.362 e. The Morgan fingerprint density at radius 2 is 1.14 bits per heavy atom. The summed E-state index contributed by atoms with van der Waals surface area (Å²) in [5.41, 5.74) is 0. The minimum atomic E-state index is -0.896. The number of unbranched alkanes of at least 4 members (excludes halogenated alkanes) is 16. The Balaban J connectivity index is 3.46. The normalized spacial score (nSPS) is 13.4. The van der Waals surface area contributed by atoms with Gasteiger partial charge < -0.3 is 24.2 Å². The Morgan fingerprint density at radius 1 is 0.703 bits per heavy atom. The number of quaternary nitrogens is 1. The molecule has 7 nitrogen and oxygen atoms in total. The van der Waals surface area contributed by atoms with Crippen LogP contribution in [0.4, 0.5) is 0 Å². The number of hydrogen-bond acceptors (Lipinski definition) is 5. The Morgan fingerprint density at radius 3 is 1.54 bits per heavy atom. The van der Waals surface area contributed by atoms with E-state index in [0.29, 0.717) is 17.3 Å². The van der Waals surface area contributed by atoms with Crippen LogP contribution in [0.15, 0.2) is 0 Å². The largest absolute Gasteiger partial charge is 0.477 e. The van der Waals surface area contributed by atoms with Crippen LogP contribution >= 0.6 is 0 Å². The highest BCUT2D eigenvalue weighted by Gasteiger charge is 2.30. The van der Waals surface area contributed by atoms with Gasteiger partial charge in [-0.2, -0.15) is 0 Å². The number of carbonyl (C=O) groups is 2. The molecule has 0 saturated heterocycles. The summed E-state index contributed by atoms with van der Waals surface area (Å²) in [7, 11) is 5.48. The first kappa shape index (κ1) is 35.8. The van der Waals surface area contributed by atoms with Crippen molar-refractivity contribution in [2.45, 2.75) is 141 Å². The number of rotatable bonds is 27. The summed E-state index contributed by atoms with van der Waals surface area (Å²) >= 11 is 0. The first-order chi connectivity index (χ1) is 17.7. The van der Waals surface area contributed by atoms with Gasteiger partial charge in [-0.05, 0) is 6.42 Å². The predicted octanol–water partition coefficient (Wildman–Crippen LogP) is 6.50. The summed E-state index contributed by atoms with van der Waals surface area (Å²) in [6.45, 7) is 2.44. The molecule has 1 unspecified atom stereocenters. The lowest BCUT2D eigenvalue weighted by atomic mass is 10.0.